The number of hydroxylamine groups is 1. The van der Waals surface area contributed by atoms with Gasteiger partial charge < -0.3 is 0 Å². The van der Waals surface area contributed by atoms with Crippen LogP contribution in [-0.4, -0.2) is 12.5 Å². The number of amides is 1. The van der Waals surface area contributed by atoms with E-state index in [4.69, 9.17) is 4.84 Å². The summed E-state index contributed by atoms with van der Waals surface area (Å²) in [5, 5.41) is 0. The molecule has 0 aliphatic heterocycles. The molecule has 1 aromatic heterocycles. The van der Waals surface area contributed by atoms with Gasteiger partial charge in [-0.3, -0.25) is 9.63 Å². The normalized spacial score (nSPS) is 10.5. The highest BCUT2D eigenvalue weighted by atomic mass is 32.1. The maximum atomic E-state index is 12.9. The van der Waals surface area contributed by atoms with E-state index in [-0.39, 0.29) is 11.7 Å². The average molecular weight is 279 g/mol. The molecule has 2 aromatic rings. The van der Waals surface area contributed by atoms with Crippen molar-refractivity contribution in [2.24, 2.45) is 0 Å². The Balaban J connectivity index is 2.26. The lowest BCUT2D eigenvalue weighted by Gasteiger charge is -2.00. The van der Waals surface area contributed by atoms with Crippen molar-refractivity contribution in [2.75, 3.05) is 6.61 Å². The standard InChI is InChI=1S/C14H14FNO2S/c1-3-18-16-14(17)12-8-9(2)13(19-12)10-4-6-11(15)7-5-10/h4-8H,3H2,1-2H3,(H,16,17). The maximum Gasteiger partial charge on any atom is 0.284 e. The second-order valence-corrected chi connectivity index (χ2v) is 5.05. The van der Waals surface area contributed by atoms with Crippen LogP contribution in [0.4, 0.5) is 4.39 Å². The minimum absolute atomic E-state index is 0.261. The van der Waals surface area contributed by atoms with Crippen LogP contribution in [0.5, 0.6) is 0 Å². The Kier molecular flexibility index (Phi) is 4.29. The Morgan fingerprint density at radius 3 is 2.68 bits per heavy atom. The first-order valence-corrected chi connectivity index (χ1v) is 6.72. The van der Waals surface area contributed by atoms with Crippen LogP contribution in [0.15, 0.2) is 30.3 Å². The number of carbonyl (C=O) groups is 1. The second-order valence-electron chi connectivity index (χ2n) is 3.99. The number of halogens is 1. The molecule has 0 atom stereocenters. The first kappa shape index (κ1) is 13.7. The Hall–Kier alpha value is -1.72. The Labute approximate surface area is 115 Å². The highest BCUT2D eigenvalue weighted by molar-refractivity contribution is 7.17. The van der Waals surface area contributed by atoms with E-state index in [1.54, 1.807) is 25.1 Å². The van der Waals surface area contributed by atoms with E-state index in [1.165, 1.54) is 23.5 Å². The van der Waals surface area contributed by atoms with Crippen LogP contribution in [0.2, 0.25) is 0 Å². The van der Waals surface area contributed by atoms with E-state index in [2.05, 4.69) is 5.48 Å². The molecule has 0 aliphatic rings. The first-order chi connectivity index (χ1) is 9.11. The number of thiophene rings is 1. The number of hydrogen-bond donors (Lipinski definition) is 1. The van der Waals surface area contributed by atoms with E-state index in [1.807, 2.05) is 6.92 Å². The van der Waals surface area contributed by atoms with Crippen LogP contribution in [-0.2, 0) is 4.84 Å². The van der Waals surface area contributed by atoms with Crippen molar-refractivity contribution in [3.63, 3.8) is 0 Å². The summed E-state index contributed by atoms with van der Waals surface area (Å²) in [7, 11) is 0. The molecule has 0 saturated carbocycles. The molecule has 2 rings (SSSR count). The second kappa shape index (κ2) is 5.95. The van der Waals surface area contributed by atoms with Gasteiger partial charge in [-0.25, -0.2) is 9.87 Å². The zero-order valence-corrected chi connectivity index (χ0v) is 11.5. The third kappa shape index (κ3) is 3.19. The Morgan fingerprint density at radius 1 is 1.37 bits per heavy atom. The molecule has 0 radical (unpaired) electrons. The van der Waals surface area contributed by atoms with Crippen molar-refractivity contribution in [3.05, 3.63) is 46.6 Å². The highest BCUT2D eigenvalue weighted by Gasteiger charge is 2.13. The molecule has 5 heteroatoms. The van der Waals surface area contributed by atoms with Gasteiger partial charge in [0, 0.05) is 4.88 Å². The molecule has 0 bridgehead atoms. The number of nitrogens with one attached hydrogen (secondary N) is 1. The van der Waals surface area contributed by atoms with Crippen molar-refractivity contribution in [1.29, 1.82) is 0 Å². The van der Waals surface area contributed by atoms with Gasteiger partial charge in [-0.05, 0) is 43.2 Å². The van der Waals surface area contributed by atoms with Gasteiger partial charge in [-0.2, -0.15) is 0 Å². The number of carbonyl (C=O) groups excluding carboxylic acids is 1. The summed E-state index contributed by atoms with van der Waals surface area (Å²) < 4.78 is 12.9. The van der Waals surface area contributed by atoms with Gasteiger partial charge >= 0.3 is 0 Å². The zero-order valence-electron chi connectivity index (χ0n) is 10.7. The van der Waals surface area contributed by atoms with Gasteiger partial charge in [0.05, 0.1) is 11.5 Å². The minimum atomic E-state index is -0.271. The molecule has 0 unspecified atom stereocenters. The third-order valence-corrected chi connectivity index (χ3v) is 3.84. The lowest BCUT2D eigenvalue weighted by molar-refractivity contribution is 0.0368. The summed E-state index contributed by atoms with van der Waals surface area (Å²) in [6, 6.07) is 8.04. The molecular formula is C14H14FNO2S. The molecule has 100 valence electrons. The molecule has 1 amide bonds. The molecule has 0 fully saturated rings. The van der Waals surface area contributed by atoms with Crippen molar-refractivity contribution in [3.8, 4) is 10.4 Å². The van der Waals surface area contributed by atoms with Gasteiger partial charge in [-0.15, -0.1) is 11.3 Å². The number of benzene rings is 1. The van der Waals surface area contributed by atoms with Gasteiger partial charge in [0.1, 0.15) is 5.82 Å². The van der Waals surface area contributed by atoms with Crippen LogP contribution in [0.25, 0.3) is 10.4 Å². The van der Waals surface area contributed by atoms with Gasteiger partial charge in [0.25, 0.3) is 5.91 Å². The van der Waals surface area contributed by atoms with Crippen LogP contribution < -0.4 is 5.48 Å². The molecule has 1 aromatic carbocycles. The van der Waals surface area contributed by atoms with E-state index in [0.717, 1.165) is 16.0 Å². The molecule has 0 spiro atoms. The van der Waals surface area contributed by atoms with E-state index >= 15 is 0 Å². The van der Waals surface area contributed by atoms with Crippen molar-refractivity contribution >= 4 is 17.2 Å². The van der Waals surface area contributed by atoms with Crippen molar-refractivity contribution in [2.45, 2.75) is 13.8 Å². The topological polar surface area (TPSA) is 38.3 Å². The fourth-order valence-electron chi connectivity index (χ4n) is 1.67. The van der Waals surface area contributed by atoms with Crippen LogP contribution in [0.3, 0.4) is 0 Å². The zero-order chi connectivity index (χ0) is 13.8. The summed E-state index contributed by atoms with van der Waals surface area (Å²) >= 11 is 1.36. The lowest BCUT2D eigenvalue weighted by Crippen LogP contribution is -2.22. The molecule has 3 nitrogen and oxygen atoms in total. The molecule has 0 aliphatic carbocycles. The highest BCUT2D eigenvalue weighted by Crippen LogP contribution is 2.32. The van der Waals surface area contributed by atoms with Crippen LogP contribution in [0.1, 0.15) is 22.2 Å². The average Bonchev–Trinajstić information content (AvgIpc) is 2.79. The Morgan fingerprint density at radius 2 is 2.05 bits per heavy atom. The quantitative estimate of drug-likeness (QED) is 0.869. The first-order valence-electron chi connectivity index (χ1n) is 5.90. The predicted octanol–water partition coefficient (Wildman–Crippen LogP) is 3.54. The largest absolute Gasteiger partial charge is 0.284 e. The smallest absolute Gasteiger partial charge is 0.274 e. The summed E-state index contributed by atoms with van der Waals surface area (Å²) in [5.74, 6) is -0.532. The molecule has 1 heterocycles. The summed E-state index contributed by atoms with van der Waals surface area (Å²) in [4.78, 5) is 18.2. The third-order valence-electron chi connectivity index (χ3n) is 2.56. The summed E-state index contributed by atoms with van der Waals surface area (Å²) in [6.45, 7) is 4.14. The summed E-state index contributed by atoms with van der Waals surface area (Å²) in [5.41, 5.74) is 4.25. The molecule has 1 N–H and O–H groups in total. The minimum Gasteiger partial charge on any atom is -0.274 e. The molecule has 0 saturated heterocycles. The van der Waals surface area contributed by atoms with Gasteiger partial charge in [-0.1, -0.05) is 12.1 Å². The number of aryl methyl sites for hydroxylation is 1. The van der Waals surface area contributed by atoms with Crippen molar-refractivity contribution < 1.29 is 14.0 Å². The maximum absolute atomic E-state index is 12.9. The number of hydrogen-bond acceptors (Lipinski definition) is 3. The SMILES string of the molecule is CCONC(=O)c1cc(C)c(-c2ccc(F)cc2)s1. The van der Waals surface area contributed by atoms with Gasteiger partial charge in [0.15, 0.2) is 0 Å². The Bertz CT molecular complexity index is 578. The fourth-order valence-corrected chi connectivity index (χ4v) is 2.73. The molecular weight excluding hydrogens is 265 g/mol. The number of rotatable bonds is 4. The van der Waals surface area contributed by atoms with Crippen molar-refractivity contribution in [1.82, 2.24) is 5.48 Å². The lowest BCUT2D eigenvalue weighted by atomic mass is 10.1. The van der Waals surface area contributed by atoms with Gasteiger partial charge in [0.2, 0.25) is 0 Å². The van der Waals surface area contributed by atoms with E-state index < -0.39 is 0 Å². The fraction of sp³-hybridized carbons (Fsp3) is 0.214. The van der Waals surface area contributed by atoms with E-state index in [9.17, 15) is 9.18 Å². The predicted molar refractivity (Wildman–Crippen MR) is 73.5 cm³/mol. The summed E-state index contributed by atoms with van der Waals surface area (Å²) in [6.07, 6.45) is 0. The van der Waals surface area contributed by atoms with E-state index in [0.29, 0.717) is 11.5 Å². The monoisotopic (exact) mass is 279 g/mol. The van der Waals surface area contributed by atoms with Crippen LogP contribution >= 0.6 is 11.3 Å². The van der Waals surface area contributed by atoms with Crippen LogP contribution in [0, 0.1) is 12.7 Å². The molecule has 19 heavy (non-hydrogen) atoms.